The van der Waals surface area contributed by atoms with Crippen LogP contribution in [-0.4, -0.2) is 39.3 Å². The van der Waals surface area contributed by atoms with Gasteiger partial charge in [-0.25, -0.2) is 9.59 Å². The summed E-state index contributed by atoms with van der Waals surface area (Å²) in [6, 6.07) is -0.949. The van der Waals surface area contributed by atoms with E-state index in [0.29, 0.717) is 0 Å². The second kappa shape index (κ2) is 7.28. The van der Waals surface area contributed by atoms with E-state index in [4.69, 9.17) is 9.84 Å². The topological polar surface area (TPSA) is 75.6 Å². The molecule has 2 N–H and O–H groups in total. The fourth-order valence-electron chi connectivity index (χ4n) is 0.903. The molecular formula is C12H23NO4S2. The number of ether oxygens (including phenoxy) is 1. The average molecular weight is 309 g/mol. The Morgan fingerprint density at radius 3 is 2.11 bits per heavy atom. The largest absolute Gasteiger partial charge is 0.480 e. The molecule has 1 atom stereocenters. The van der Waals surface area contributed by atoms with Crippen molar-refractivity contribution >= 4 is 33.7 Å². The molecule has 0 aliphatic rings. The van der Waals surface area contributed by atoms with Crippen molar-refractivity contribution in [3.8, 4) is 0 Å². The van der Waals surface area contributed by atoms with Gasteiger partial charge in [0.25, 0.3) is 0 Å². The van der Waals surface area contributed by atoms with Gasteiger partial charge in [0.05, 0.1) is 0 Å². The summed E-state index contributed by atoms with van der Waals surface area (Å²) in [7, 11) is 3.00. The molecule has 0 saturated carbocycles. The Balaban J connectivity index is 4.28. The molecule has 0 aliphatic carbocycles. The molecule has 0 bridgehead atoms. The molecular weight excluding hydrogens is 286 g/mol. The van der Waals surface area contributed by atoms with Crippen LogP contribution in [0.3, 0.4) is 0 Å². The molecule has 0 radical (unpaired) electrons. The lowest BCUT2D eigenvalue weighted by Crippen LogP contribution is -2.44. The Hall–Kier alpha value is -0.560. The molecule has 7 heteroatoms. The number of carboxylic acid groups (broad SMARTS) is 1. The maximum Gasteiger partial charge on any atom is 0.408 e. The van der Waals surface area contributed by atoms with Gasteiger partial charge in [-0.2, -0.15) is 0 Å². The Kier molecular flexibility index (Phi) is 7.07. The highest BCUT2D eigenvalue weighted by atomic mass is 33.1. The molecule has 0 saturated heterocycles. The highest BCUT2D eigenvalue weighted by molar-refractivity contribution is 8.77. The maximum atomic E-state index is 11.5. The molecule has 1 unspecified atom stereocenters. The van der Waals surface area contributed by atoms with Crippen LogP contribution in [-0.2, 0) is 9.53 Å². The van der Waals surface area contributed by atoms with Gasteiger partial charge < -0.3 is 15.2 Å². The summed E-state index contributed by atoms with van der Waals surface area (Å²) >= 11 is 0. The van der Waals surface area contributed by atoms with E-state index in [1.54, 1.807) is 31.6 Å². The van der Waals surface area contributed by atoms with Crippen molar-refractivity contribution in [2.75, 3.05) is 5.75 Å². The molecule has 0 spiro atoms. The highest BCUT2D eigenvalue weighted by Crippen LogP contribution is 2.35. The lowest BCUT2D eigenvalue weighted by atomic mass is 10.2. The van der Waals surface area contributed by atoms with E-state index >= 15 is 0 Å². The predicted octanol–water partition coefficient (Wildman–Crippen LogP) is 3.14. The van der Waals surface area contributed by atoms with Crippen molar-refractivity contribution in [2.24, 2.45) is 0 Å². The molecule has 0 aromatic rings. The van der Waals surface area contributed by atoms with Crippen molar-refractivity contribution < 1.29 is 19.4 Å². The number of carboxylic acids is 1. The van der Waals surface area contributed by atoms with Gasteiger partial charge in [-0.15, -0.1) is 0 Å². The second-order valence-electron chi connectivity index (χ2n) is 6.02. The zero-order valence-corrected chi connectivity index (χ0v) is 13.9. The van der Waals surface area contributed by atoms with Gasteiger partial charge in [0.15, 0.2) is 0 Å². The number of alkyl carbamates (subject to hydrolysis) is 1. The number of aliphatic carboxylic acids is 1. The number of carbonyl (C=O) groups excluding carboxylic acids is 1. The van der Waals surface area contributed by atoms with E-state index in [1.807, 2.05) is 20.8 Å². The van der Waals surface area contributed by atoms with Gasteiger partial charge in [0.1, 0.15) is 11.6 Å². The molecule has 5 nitrogen and oxygen atoms in total. The van der Waals surface area contributed by atoms with Crippen LogP contribution >= 0.6 is 21.6 Å². The van der Waals surface area contributed by atoms with Gasteiger partial charge in [0, 0.05) is 10.5 Å². The van der Waals surface area contributed by atoms with E-state index in [9.17, 15) is 9.59 Å². The number of carbonyl (C=O) groups is 2. The Morgan fingerprint density at radius 2 is 1.74 bits per heavy atom. The zero-order chi connectivity index (χ0) is 15.3. The number of nitrogens with one attached hydrogen (secondary N) is 1. The summed E-state index contributed by atoms with van der Waals surface area (Å²) in [4.78, 5) is 22.6. The number of amides is 1. The third kappa shape index (κ3) is 11.0. The quantitative estimate of drug-likeness (QED) is 0.760. The van der Waals surface area contributed by atoms with Crippen molar-refractivity contribution in [3.05, 3.63) is 0 Å². The molecule has 112 valence electrons. The lowest BCUT2D eigenvalue weighted by molar-refractivity contribution is -0.138. The van der Waals surface area contributed by atoms with E-state index < -0.39 is 23.7 Å². The summed E-state index contributed by atoms with van der Waals surface area (Å²) < 4.78 is 5.08. The monoisotopic (exact) mass is 309 g/mol. The molecule has 0 aromatic carbocycles. The van der Waals surface area contributed by atoms with E-state index in [1.165, 1.54) is 10.8 Å². The van der Waals surface area contributed by atoms with Crippen molar-refractivity contribution in [2.45, 2.75) is 57.9 Å². The first kappa shape index (κ1) is 18.4. The van der Waals surface area contributed by atoms with E-state index in [0.717, 1.165) is 0 Å². The fraction of sp³-hybridized carbons (Fsp3) is 0.833. The van der Waals surface area contributed by atoms with Crippen LogP contribution in [0.2, 0.25) is 0 Å². The van der Waals surface area contributed by atoms with Crippen LogP contribution in [0, 0.1) is 0 Å². The number of rotatable bonds is 5. The van der Waals surface area contributed by atoms with Gasteiger partial charge in [-0.3, -0.25) is 0 Å². The Bertz CT molecular complexity index is 321. The minimum absolute atomic E-state index is 0.0413. The summed E-state index contributed by atoms with van der Waals surface area (Å²) in [5.41, 5.74) is -0.638. The summed E-state index contributed by atoms with van der Waals surface area (Å²) in [5, 5.41) is 11.4. The zero-order valence-electron chi connectivity index (χ0n) is 12.3. The van der Waals surface area contributed by atoms with Crippen LogP contribution in [0.15, 0.2) is 0 Å². The second-order valence-corrected chi connectivity index (χ2v) is 9.18. The van der Waals surface area contributed by atoms with Crippen LogP contribution in [0.4, 0.5) is 4.79 Å². The van der Waals surface area contributed by atoms with Crippen LogP contribution in [0.5, 0.6) is 0 Å². The fourth-order valence-corrected chi connectivity index (χ4v) is 3.36. The molecule has 0 aliphatic heterocycles. The molecule has 0 fully saturated rings. The van der Waals surface area contributed by atoms with Crippen molar-refractivity contribution in [3.63, 3.8) is 0 Å². The third-order valence-electron chi connectivity index (χ3n) is 1.53. The summed E-state index contributed by atoms with van der Waals surface area (Å²) in [5.74, 6) is -0.774. The standard InChI is InChI=1S/C12H23NO4S2/c1-11(2,3)17-10(16)13-8(9(14)15)7-18-19-12(4,5)6/h8H,7H2,1-6H3,(H,13,16)(H,14,15). The van der Waals surface area contributed by atoms with E-state index in [-0.39, 0.29) is 10.5 Å². The maximum absolute atomic E-state index is 11.5. The smallest absolute Gasteiger partial charge is 0.408 e. The first-order valence-corrected chi connectivity index (χ1v) is 8.25. The van der Waals surface area contributed by atoms with Gasteiger partial charge >= 0.3 is 12.1 Å². The highest BCUT2D eigenvalue weighted by Gasteiger charge is 2.24. The van der Waals surface area contributed by atoms with Crippen LogP contribution < -0.4 is 5.32 Å². The third-order valence-corrected chi connectivity index (χ3v) is 4.88. The van der Waals surface area contributed by atoms with Gasteiger partial charge in [-0.1, -0.05) is 42.4 Å². The SMILES string of the molecule is CC(C)(C)OC(=O)NC(CSSC(C)(C)C)C(=O)O. The molecule has 0 rings (SSSR count). The number of hydrogen-bond acceptors (Lipinski definition) is 5. The Labute approximate surface area is 122 Å². The molecule has 19 heavy (non-hydrogen) atoms. The minimum Gasteiger partial charge on any atom is -0.480 e. The average Bonchev–Trinajstić information content (AvgIpc) is 2.10. The van der Waals surface area contributed by atoms with Crippen molar-refractivity contribution in [1.82, 2.24) is 5.32 Å². The summed E-state index contributed by atoms with van der Waals surface area (Å²) in [6.45, 7) is 11.3. The molecule has 0 aromatic heterocycles. The first-order chi connectivity index (χ1) is 8.41. The lowest BCUT2D eigenvalue weighted by Gasteiger charge is -2.22. The van der Waals surface area contributed by atoms with E-state index in [2.05, 4.69) is 5.32 Å². The number of hydrogen-bond donors (Lipinski definition) is 2. The minimum atomic E-state index is -1.06. The Morgan fingerprint density at radius 1 is 1.21 bits per heavy atom. The van der Waals surface area contributed by atoms with Crippen LogP contribution in [0.25, 0.3) is 0 Å². The molecule has 1 amide bonds. The summed E-state index contributed by atoms with van der Waals surface area (Å²) in [6.07, 6.45) is -0.707. The first-order valence-electron chi connectivity index (χ1n) is 5.94. The van der Waals surface area contributed by atoms with Gasteiger partial charge in [0.2, 0.25) is 0 Å². The normalized spacial score (nSPS) is 13.8. The van der Waals surface area contributed by atoms with Gasteiger partial charge in [-0.05, 0) is 20.8 Å². The van der Waals surface area contributed by atoms with Crippen molar-refractivity contribution in [1.29, 1.82) is 0 Å². The van der Waals surface area contributed by atoms with Crippen LogP contribution in [0.1, 0.15) is 41.5 Å². The predicted molar refractivity (Wildman–Crippen MR) is 80.6 cm³/mol. The molecule has 0 heterocycles.